The number of Topliss-reactive ketones (excluding diaryl/α,β-unsaturated/α-hetero) is 1. The molecule has 0 amide bonds. The highest BCUT2D eigenvalue weighted by molar-refractivity contribution is 5.78. The molecule has 1 aliphatic rings. The lowest BCUT2D eigenvalue weighted by Gasteiger charge is -2.14. The SMILES string of the molecule is C1CC1.CC.CC.CCC(C(C)=O)C(C)C. The van der Waals surface area contributed by atoms with E-state index in [1.165, 1.54) is 19.3 Å². The van der Waals surface area contributed by atoms with Gasteiger partial charge < -0.3 is 0 Å². The second-order valence-corrected chi connectivity index (χ2v) is 3.93. The van der Waals surface area contributed by atoms with Crippen LogP contribution in [0.1, 0.15) is 81.1 Å². The zero-order valence-corrected chi connectivity index (χ0v) is 12.9. The first-order chi connectivity index (χ1) is 7.59. The molecule has 1 aliphatic carbocycles. The van der Waals surface area contributed by atoms with Gasteiger partial charge in [-0.2, -0.15) is 0 Å². The Labute approximate surface area is 104 Å². The van der Waals surface area contributed by atoms with Crippen molar-refractivity contribution in [2.24, 2.45) is 11.8 Å². The molecular weight excluding hydrogens is 196 g/mol. The maximum Gasteiger partial charge on any atom is 0.133 e. The molecule has 0 radical (unpaired) electrons. The molecule has 1 unspecified atom stereocenters. The second-order valence-electron chi connectivity index (χ2n) is 3.93. The Bertz CT molecular complexity index is 123. The molecule has 0 aromatic carbocycles. The van der Waals surface area contributed by atoms with Crippen molar-refractivity contribution in [3.8, 4) is 0 Å². The molecule has 0 N–H and O–H groups in total. The Kier molecular flexibility index (Phi) is 22.4. The molecule has 0 aliphatic heterocycles. The molecular formula is C15H34O. The molecule has 0 heterocycles. The van der Waals surface area contributed by atoms with Crippen LogP contribution in [0, 0.1) is 11.8 Å². The first kappa shape index (κ1) is 21.0. The van der Waals surface area contributed by atoms with Gasteiger partial charge >= 0.3 is 0 Å². The predicted octanol–water partition coefficient (Wildman–Crippen LogP) is 5.48. The highest BCUT2D eigenvalue weighted by Gasteiger charge is 2.14. The minimum atomic E-state index is 0.282. The van der Waals surface area contributed by atoms with Gasteiger partial charge in [0.2, 0.25) is 0 Å². The standard InChI is InChI=1S/C8H16O.C3H6.2C2H6/c1-5-8(6(2)3)7(4)9;1-2-3-1;2*1-2/h6,8H,5H2,1-4H3;1-3H2;2*1-2H3. The highest BCUT2D eigenvalue weighted by Crippen LogP contribution is 2.15. The predicted molar refractivity (Wildman–Crippen MR) is 75.8 cm³/mol. The Morgan fingerprint density at radius 2 is 1.31 bits per heavy atom. The first-order valence-electron chi connectivity index (χ1n) is 7.10. The Hall–Kier alpha value is -0.330. The molecule has 1 atom stereocenters. The van der Waals surface area contributed by atoms with E-state index in [1.54, 1.807) is 6.92 Å². The third-order valence-electron chi connectivity index (χ3n) is 2.12. The third kappa shape index (κ3) is 19.3. The Morgan fingerprint density at radius 3 is 1.31 bits per heavy atom. The van der Waals surface area contributed by atoms with Gasteiger partial charge in [0, 0.05) is 5.92 Å². The smallest absolute Gasteiger partial charge is 0.133 e. The summed E-state index contributed by atoms with van der Waals surface area (Å²) in [5.74, 6) is 1.12. The van der Waals surface area contributed by atoms with Gasteiger partial charge in [-0.25, -0.2) is 0 Å². The van der Waals surface area contributed by atoms with Gasteiger partial charge in [-0.15, -0.1) is 0 Å². The lowest BCUT2D eigenvalue weighted by molar-refractivity contribution is -0.122. The molecule has 0 saturated heterocycles. The summed E-state index contributed by atoms with van der Waals surface area (Å²) in [6.07, 6.45) is 5.48. The fourth-order valence-electron chi connectivity index (χ4n) is 1.23. The summed E-state index contributed by atoms with van der Waals surface area (Å²) in [4.78, 5) is 10.8. The van der Waals surface area contributed by atoms with E-state index in [-0.39, 0.29) is 5.92 Å². The normalized spacial score (nSPS) is 13.1. The Balaban J connectivity index is -0.000000197. The molecule has 0 spiro atoms. The van der Waals surface area contributed by atoms with Crippen molar-refractivity contribution in [1.82, 2.24) is 0 Å². The van der Waals surface area contributed by atoms with Crippen LogP contribution in [-0.4, -0.2) is 5.78 Å². The second kappa shape index (κ2) is 17.1. The van der Waals surface area contributed by atoms with E-state index < -0.39 is 0 Å². The lowest BCUT2D eigenvalue weighted by atomic mass is 9.90. The molecule has 0 aromatic rings. The van der Waals surface area contributed by atoms with Crippen LogP contribution in [0.4, 0.5) is 0 Å². The van der Waals surface area contributed by atoms with Gasteiger partial charge in [0.05, 0.1) is 0 Å². The molecule has 16 heavy (non-hydrogen) atoms. The summed E-state index contributed by atoms with van der Waals surface area (Å²) in [7, 11) is 0. The summed E-state index contributed by atoms with van der Waals surface area (Å²) >= 11 is 0. The van der Waals surface area contributed by atoms with Gasteiger partial charge in [-0.05, 0) is 19.3 Å². The van der Waals surface area contributed by atoms with Crippen LogP contribution in [0.2, 0.25) is 0 Å². The summed E-state index contributed by atoms with van der Waals surface area (Å²) in [6, 6.07) is 0. The van der Waals surface area contributed by atoms with Gasteiger partial charge in [0.15, 0.2) is 0 Å². The third-order valence-corrected chi connectivity index (χ3v) is 2.12. The monoisotopic (exact) mass is 230 g/mol. The van der Waals surface area contributed by atoms with Crippen LogP contribution < -0.4 is 0 Å². The number of hydrogen-bond donors (Lipinski definition) is 0. The zero-order valence-electron chi connectivity index (χ0n) is 12.9. The van der Waals surface area contributed by atoms with Crippen LogP contribution in [0.5, 0.6) is 0 Å². The van der Waals surface area contributed by atoms with Crippen LogP contribution >= 0.6 is 0 Å². The van der Waals surface area contributed by atoms with E-state index in [4.69, 9.17) is 0 Å². The van der Waals surface area contributed by atoms with E-state index in [9.17, 15) is 4.79 Å². The quantitative estimate of drug-likeness (QED) is 0.627. The first-order valence-corrected chi connectivity index (χ1v) is 7.10. The molecule has 100 valence electrons. The van der Waals surface area contributed by atoms with Crippen LogP contribution in [0.15, 0.2) is 0 Å². The van der Waals surface area contributed by atoms with Gasteiger partial charge in [0.25, 0.3) is 0 Å². The van der Waals surface area contributed by atoms with Crippen LogP contribution in [-0.2, 0) is 4.79 Å². The number of carbonyl (C=O) groups is 1. The molecule has 1 rings (SSSR count). The number of hydrogen-bond acceptors (Lipinski definition) is 1. The molecule has 0 bridgehead atoms. The zero-order chi connectivity index (χ0) is 13.6. The molecule has 1 heteroatoms. The fourth-order valence-corrected chi connectivity index (χ4v) is 1.23. The summed E-state index contributed by atoms with van der Waals surface area (Å²) in [6.45, 7) is 15.9. The van der Waals surface area contributed by atoms with Crippen molar-refractivity contribution in [3.63, 3.8) is 0 Å². The average Bonchev–Trinajstić information content (AvgIpc) is 3.10. The van der Waals surface area contributed by atoms with E-state index >= 15 is 0 Å². The van der Waals surface area contributed by atoms with Crippen molar-refractivity contribution in [3.05, 3.63) is 0 Å². The van der Waals surface area contributed by atoms with Crippen molar-refractivity contribution < 1.29 is 4.79 Å². The highest BCUT2D eigenvalue weighted by atomic mass is 16.1. The number of carbonyl (C=O) groups excluding carboxylic acids is 1. The fraction of sp³-hybridized carbons (Fsp3) is 0.933. The van der Waals surface area contributed by atoms with E-state index in [1.807, 2.05) is 27.7 Å². The minimum absolute atomic E-state index is 0.282. The van der Waals surface area contributed by atoms with Gasteiger partial charge in [0.1, 0.15) is 5.78 Å². The molecule has 1 fully saturated rings. The Morgan fingerprint density at radius 1 is 1.00 bits per heavy atom. The number of rotatable bonds is 3. The van der Waals surface area contributed by atoms with Gasteiger partial charge in [-0.1, -0.05) is 67.7 Å². The lowest BCUT2D eigenvalue weighted by Crippen LogP contribution is -2.15. The van der Waals surface area contributed by atoms with Crippen molar-refractivity contribution >= 4 is 5.78 Å². The van der Waals surface area contributed by atoms with Crippen LogP contribution in [0.25, 0.3) is 0 Å². The number of ketones is 1. The van der Waals surface area contributed by atoms with Crippen molar-refractivity contribution in [1.29, 1.82) is 0 Å². The van der Waals surface area contributed by atoms with Crippen LogP contribution in [0.3, 0.4) is 0 Å². The van der Waals surface area contributed by atoms with Gasteiger partial charge in [-0.3, -0.25) is 4.79 Å². The van der Waals surface area contributed by atoms with E-state index in [0.29, 0.717) is 11.7 Å². The maximum absolute atomic E-state index is 10.8. The van der Waals surface area contributed by atoms with E-state index in [2.05, 4.69) is 20.8 Å². The molecule has 0 aromatic heterocycles. The average molecular weight is 230 g/mol. The largest absolute Gasteiger partial charge is 0.300 e. The summed E-state index contributed by atoms with van der Waals surface area (Å²) < 4.78 is 0. The minimum Gasteiger partial charge on any atom is -0.300 e. The van der Waals surface area contributed by atoms with Crippen molar-refractivity contribution in [2.75, 3.05) is 0 Å². The summed E-state index contributed by atoms with van der Waals surface area (Å²) in [5.41, 5.74) is 0. The van der Waals surface area contributed by atoms with E-state index in [0.717, 1.165) is 6.42 Å². The topological polar surface area (TPSA) is 17.1 Å². The molecule has 1 nitrogen and oxygen atoms in total. The van der Waals surface area contributed by atoms with Crippen molar-refractivity contribution in [2.45, 2.75) is 81.1 Å². The maximum atomic E-state index is 10.8. The summed E-state index contributed by atoms with van der Waals surface area (Å²) in [5, 5.41) is 0. The molecule has 1 saturated carbocycles.